The van der Waals surface area contributed by atoms with Gasteiger partial charge >= 0.3 is 18.0 Å². The average Bonchev–Trinajstić information content (AvgIpc) is 1.45. The molecule has 1 aromatic heterocycles. The van der Waals surface area contributed by atoms with Gasteiger partial charge in [-0.3, -0.25) is 43.1 Å². The molecule has 27 heteroatoms. The Hall–Kier alpha value is -7.33. The van der Waals surface area contributed by atoms with Crippen molar-refractivity contribution in [3.8, 4) is 0 Å². The van der Waals surface area contributed by atoms with Crippen LogP contribution in [0.4, 0.5) is 9.18 Å². The minimum atomic E-state index is -4.89. The van der Waals surface area contributed by atoms with Crippen molar-refractivity contribution in [1.82, 2.24) is 30.3 Å². The third kappa shape index (κ3) is 14.1. The third-order valence-corrected chi connectivity index (χ3v) is 18.8. The van der Waals surface area contributed by atoms with E-state index < -0.39 is 133 Å². The van der Waals surface area contributed by atoms with E-state index >= 15 is 4.39 Å². The maximum Gasteiger partial charge on any atom is 0.411 e. The number of pyridine rings is 1. The monoisotopic (exact) mass is 1230 g/mol. The molecule has 2 unspecified atom stereocenters. The van der Waals surface area contributed by atoms with Crippen molar-refractivity contribution in [2.75, 3.05) is 45.0 Å². The number of nitrogens with one attached hydrogen (secondary N) is 2. The molecule has 6 atom stereocenters. The number of fused-ring (bicyclic) bond motifs is 4. The molecule has 0 saturated carbocycles. The number of aryl methyl sites for hydroxylation is 1. The number of nitrogens with zero attached hydrogens (tertiary/aromatic N) is 4. The quantitative estimate of drug-likeness (QED) is 0.0222. The summed E-state index contributed by atoms with van der Waals surface area (Å²) in [6.45, 7) is 8.06. The van der Waals surface area contributed by atoms with Gasteiger partial charge in [-0.05, 0) is 92.2 Å². The minimum absolute atomic E-state index is 0.0186. The fourth-order valence-corrected chi connectivity index (χ4v) is 13.0. The molecular formula is C59H71FN6O18S2. The summed E-state index contributed by atoms with van der Waals surface area (Å²) in [6.07, 6.45) is 1.56. The molecule has 4 aliphatic heterocycles. The van der Waals surface area contributed by atoms with Crippen molar-refractivity contribution < 1.29 is 88.2 Å². The molecule has 24 nitrogen and oxygen atoms in total. The van der Waals surface area contributed by atoms with E-state index in [9.17, 15) is 69.6 Å². The lowest BCUT2D eigenvalue weighted by molar-refractivity contribution is -0.172. The van der Waals surface area contributed by atoms with Gasteiger partial charge in [-0.15, -0.1) is 0 Å². The van der Waals surface area contributed by atoms with Crippen molar-refractivity contribution >= 4 is 89.8 Å². The lowest BCUT2D eigenvalue weighted by Crippen LogP contribution is -2.49. The number of carbonyl (C=O) groups is 9. The number of amides is 5. The van der Waals surface area contributed by atoms with Crippen molar-refractivity contribution in [3.05, 3.63) is 92.4 Å². The Morgan fingerprint density at radius 2 is 1.69 bits per heavy atom. The number of rotatable bonds is 26. The van der Waals surface area contributed by atoms with Crippen LogP contribution >= 0.6 is 0 Å². The maximum atomic E-state index is 15.5. The van der Waals surface area contributed by atoms with Gasteiger partial charge in [0.25, 0.3) is 10.1 Å². The molecule has 1 saturated heterocycles. The van der Waals surface area contributed by atoms with Crippen LogP contribution in [0.15, 0.2) is 47.6 Å². The second-order valence-electron chi connectivity index (χ2n) is 23.2. The molecule has 86 heavy (non-hydrogen) atoms. The second-order valence-corrected chi connectivity index (χ2v) is 27.0. The average molecular weight is 1240 g/mol. The summed E-state index contributed by atoms with van der Waals surface area (Å²) in [5.74, 6) is -8.18. The predicted molar refractivity (Wildman–Crippen MR) is 305 cm³/mol. The van der Waals surface area contributed by atoms with E-state index in [4.69, 9.17) is 19.2 Å². The third-order valence-electron chi connectivity index (χ3n) is 16.7. The summed E-state index contributed by atoms with van der Waals surface area (Å²) < 4.78 is 90.7. The van der Waals surface area contributed by atoms with Crippen molar-refractivity contribution in [2.24, 2.45) is 17.8 Å². The lowest BCUT2D eigenvalue weighted by atomic mass is 9.81. The maximum absolute atomic E-state index is 15.5. The molecule has 0 radical (unpaired) electrons. The Bertz CT molecular complexity index is 3610. The smallest absolute Gasteiger partial charge is 0.411 e. The molecule has 8 rings (SSSR count). The van der Waals surface area contributed by atoms with Gasteiger partial charge in [0.2, 0.25) is 23.6 Å². The number of ketones is 2. The fraction of sp³-hybridized carbons (Fsp3) is 0.525. The Morgan fingerprint density at radius 3 is 2.33 bits per heavy atom. The number of hydrogen-bond donors (Lipinski definition) is 4. The second kappa shape index (κ2) is 25.9. The summed E-state index contributed by atoms with van der Waals surface area (Å²) in [6, 6.07) is 5.98. The molecule has 5 amide bonds. The van der Waals surface area contributed by atoms with E-state index in [1.165, 1.54) is 13.0 Å². The summed E-state index contributed by atoms with van der Waals surface area (Å²) in [4.78, 5) is 126. The number of unbranched alkanes of at least 4 members (excludes halogenated alkanes) is 1. The van der Waals surface area contributed by atoms with Gasteiger partial charge in [0.15, 0.2) is 17.2 Å². The predicted octanol–water partition coefficient (Wildman–Crippen LogP) is 3.80. The number of sulfone groups is 1. The van der Waals surface area contributed by atoms with Gasteiger partial charge in [0, 0.05) is 79.6 Å². The Labute approximate surface area is 496 Å². The highest BCUT2D eigenvalue weighted by Gasteiger charge is 2.51. The number of imide groups is 1. The largest absolute Gasteiger partial charge is 0.444 e. The van der Waals surface area contributed by atoms with Crippen LogP contribution < -0.4 is 10.6 Å². The van der Waals surface area contributed by atoms with Gasteiger partial charge in [-0.2, -0.15) is 8.42 Å². The summed E-state index contributed by atoms with van der Waals surface area (Å²) >= 11 is 0. The van der Waals surface area contributed by atoms with Gasteiger partial charge in [0.05, 0.1) is 46.9 Å². The number of cyclic esters (lactones) is 2. The van der Waals surface area contributed by atoms with E-state index in [0.29, 0.717) is 63.0 Å². The van der Waals surface area contributed by atoms with E-state index in [2.05, 4.69) is 10.6 Å². The highest BCUT2D eigenvalue weighted by Crippen LogP contribution is 2.48. The molecule has 0 bridgehead atoms. The Kier molecular flexibility index (Phi) is 19.5. The van der Waals surface area contributed by atoms with Gasteiger partial charge in [-0.1, -0.05) is 52.0 Å². The first-order valence-corrected chi connectivity index (χ1v) is 32.0. The number of ether oxygens (including phenoxy) is 3. The van der Waals surface area contributed by atoms with Crippen LogP contribution in [0.25, 0.3) is 16.6 Å². The van der Waals surface area contributed by atoms with Crippen LogP contribution in [0.2, 0.25) is 0 Å². The summed E-state index contributed by atoms with van der Waals surface area (Å²) in [5, 5.41) is 15.8. The van der Waals surface area contributed by atoms with Gasteiger partial charge < -0.3 is 34.9 Å². The molecule has 0 spiro atoms. The molecule has 5 aliphatic rings. The van der Waals surface area contributed by atoms with Crippen molar-refractivity contribution in [1.29, 1.82) is 0 Å². The molecule has 5 heterocycles. The zero-order valence-electron chi connectivity index (χ0n) is 48.9. The number of esters is 2. The highest BCUT2D eigenvalue weighted by atomic mass is 32.2. The van der Waals surface area contributed by atoms with E-state index in [0.717, 1.165) is 21.6 Å². The number of benzene rings is 2. The topological polar surface area (TPSA) is 337 Å². The number of hydrogen-bond acceptors (Lipinski definition) is 19. The molecule has 3 aromatic rings. The minimum Gasteiger partial charge on any atom is -0.444 e. The molecule has 4 N–H and O–H groups in total. The highest BCUT2D eigenvalue weighted by molar-refractivity contribution is 7.90. The number of halogens is 1. The normalized spacial score (nSPS) is 20.2. The lowest BCUT2D eigenvalue weighted by Gasteiger charge is -2.36. The van der Waals surface area contributed by atoms with E-state index in [-0.39, 0.29) is 94.3 Å². The molecule has 2 aromatic carbocycles. The van der Waals surface area contributed by atoms with Crippen molar-refractivity contribution in [2.45, 2.75) is 135 Å². The van der Waals surface area contributed by atoms with Crippen molar-refractivity contribution in [3.63, 3.8) is 0 Å². The fourth-order valence-electron chi connectivity index (χ4n) is 11.6. The number of carbonyl (C=O) groups excluding carboxylic acids is 9. The van der Waals surface area contributed by atoms with Crippen LogP contribution in [0.3, 0.4) is 0 Å². The number of aliphatic hydroxyl groups is 1. The first-order chi connectivity index (χ1) is 40.4. The first-order valence-electron chi connectivity index (χ1n) is 28.4. The summed E-state index contributed by atoms with van der Waals surface area (Å²) in [7, 11) is -8.49. The van der Waals surface area contributed by atoms with Crippen LogP contribution in [0, 0.1) is 30.5 Å². The molecular weight excluding hydrogens is 1160 g/mol. The zero-order valence-corrected chi connectivity index (χ0v) is 50.5. The van der Waals surface area contributed by atoms with Crippen LogP contribution in [0.5, 0.6) is 0 Å². The van der Waals surface area contributed by atoms with E-state index in [1.807, 2.05) is 4.90 Å². The zero-order chi connectivity index (χ0) is 62.9. The standard InChI is InChI=1S/C59H71FN6O18S2/c1-8-59(76)41-24-45-53-40(27-65(45)26-39(41)56(73)84-57(59)74)52-43(17-16-37-33(5)42(60)25-44(63-53)51(37)52)62-49(69)29-82-30-64(19-20-85(7,77)78)58(75)83-28-36-14-12-35(13-15-36)22-46(67)34(6)61-54(71)38(31(2)3)23-47(68)48(86(79,80)81)11-9-10-18-66-50(70)21-32(4)55(66)72/h12-15,24-25,31-32,34,38,43,48,76H,8-11,16-23,26-30H2,1-7H3,(H,61,71)(H,62,69)(H,79,80,81)/t32?,34-,38-,43-,48?,59-/m0/s1. The number of aromatic nitrogens is 1. The van der Waals surface area contributed by atoms with Crippen LogP contribution in [-0.2, 0) is 98.5 Å². The Balaban J connectivity index is 0.846. The number of Topliss-reactive ketones (excluding diaryl/α,β-unsaturated/α-hetero) is 2. The SMILES string of the molecule is CC[C@@]1(O)C(=O)OC(=O)C2=C1C=C1c3nc4cc(F)c(C)c5c4c(c3CN1C2)[C@@H](NC(=O)COCN(CCS(C)(=O)=O)C(=O)OCc1ccc(CC(=O)[C@H](C)NC(=O)[C@@H](CC(=O)C(CCCCN2C(=O)CC(C)C2=O)S(=O)(=O)O)C(C)C)cc1)CC5. The van der Waals surface area contributed by atoms with E-state index in [1.54, 1.807) is 65.0 Å². The molecule has 1 fully saturated rings. The summed E-state index contributed by atoms with van der Waals surface area (Å²) in [5.41, 5.74) is 2.87. The van der Waals surface area contributed by atoms with Gasteiger partial charge in [0.1, 0.15) is 40.8 Å². The van der Waals surface area contributed by atoms with Crippen LogP contribution in [-0.4, -0.2) is 161 Å². The first kappa shape index (κ1) is 64.7. The molecule has 464 valence electrons. The molecule has 1 aliphatic carbocycles. The van der Waals surface area contributed by atoms with Gasteiger partial charge in [-0.25, -0.2) is 32.2 Å². The number of likely N-dealkylation sites (tertiary alicyclic amines) is 1. The van der Waals surface area contributed by atoms with Crippen LogP contribution in [0.1, 0.15) is 125 Å². The Morgan fingerprint density at radius 1 is 0.988 bits per heavy atom.